The van der Waals surface area contributed by atoms with Crippen LogP contribution in [0.25, 0.3) is 0 Å². The first-order valence-corrected chi connectivity index (χ1v) is 5.83. The molecule has 0 aromatic carbocycles. The monoisotopic (exact) mass is 181 g/mol. The standard InChI is InChI=1S/C12H23N/c1-11(2)5-3-6-12(9-11)7-4-8-13-10-12/h13H,3-10H2,1-2H3. The highest BCUT2D eigenvalue weighted by molar-refractivity contribution is 4.93. The van der Waals surface area contributed by atoms with Crippen LogP contribution in [0, 0.1) is 10.8 Å². The van der Waals surface area contributed by atoms with Crippen LogP contribution in [0.4, 0.5) is 0 Å². The van der Waals surface area contributed by atoms with Crippen LogP contribution >= 0.6 is 0 Å². The zero-order chi connectivity index (χ0) is 9.36. The maximum absolute atomic E-state index is 3.58. The second-order valence-electron chi connectivity index (χ2n) is 5.97. The summed E-state index contributed by atoms with van der Waals surface area (Å²) in [7, 11) is 0. The van der Waals surface area contributed by atoms with Crippen LogP contribution in [-0.4, -0.2) is 13.1 Å². The highest BCUT2D eigenvalue weighted by atomic mass is 14.9. The van der Waals surface area contributed by atoms with Gasteiger partial charge in [0.25, 0.3) is 0 Å². The Morgan fingerprint density at radius 2 is 1.77 bits per heavy atom. The molecule has 0 bridgehead atoms. The van der Waals surface area contributed by atoms with Crippen molar-refractivity contribution < 1.29 is 0 Å². The molecule has 76 valence electrons. The van der Waals surface area contributed by atoms with Gasteiger partial charge < -0.3 is 5.32 Å². The van der Waals surface area contributed by atoms with Crippen LogP contribution in [0.1, 0.15) is 52.4 Å². The second-order valence-corrected chi connectivity index (χ2v) is 5.97. The van der Waals surface area contributed by atoms with Gasteiger partial charge in [-0.2, -0.15) is 0 Å². The van der Waals surface area contributed by atoms with Crippen molar-refractivity contribution in [2.24, 2.45) is 10.8 Å². The molecule has 1 saturated heterocycles. The van der Waals surface area contributed by atoms with Crippen molar-refractivity contribution in [1.29, 1.82) is 0 Å². The summed E-state index contributed by atoms with van der Waals surface area (Å²) in [5.74, 6) is 0. The normalized spacial score (nSPS) is 39.2. The summed E-state index contributed by atoms with van der Waals surface area (Å²) in [6, 6.07) is 0. The third kappa shape index (κ3) is 2.07. The highest BCUT2D eigenvalue weighted by Crippen LogP contribution is 2.49. The maximum Gasteiger partial charge on any atom is 0.000802 e. The Morgan fingerprint density at radius 3 is 2.38 bits per heavy atom. The zero-order valence-electron chi connectivity index (χ0n) is 9.16. The molecule has 2 rings (SSSR count). The maximum atomic E-state index is 3.58. The van der Waals surface area contributed by atoms with E-state index in [1.54, 1.807) is 0 Å². The average molecular weight is 181 g/mol. The van der Waals surface area contributed by atoms with E-state index in [2.05, 4.69) is 19.2 Å². The molecule has 1 heteroatoms. The zero-order valence-corrected chi connectivity index (χ0v) is 9.16. The smallest absolute Gasteiger partial charge is 0.000802 e. The predicted molar refractivity (Wildman–Crippen MR) is 56.8 cm³/mol. The van der Waals surface area contributed by atoms with Gasteiger partial charge in [0.05, 0.1) is 0 Å². The summed E-state index contributed by atoms with van der Waals surface area (Å²) in [4.78, 5) is 0. The Kier molecular flexibility index (Phi) is 2.39. The minimum atomic E-state index is 0.608. The van der Waals surface area contributed by atoms with Gasteiger partial charge in [-0.05, 0) is 49.5 Å². The Morgan fingerprint density at radius 1 is 1.00 bits per heavy atom. The van der Waals surface area contributed by atoms with E-state index in [-0.39, 0.29) is 0 Å². The van der Waals surface area contributed by atoms with Gasteiger partial charge in [-0.1, -0.05) is 20.3 Å². The van der Waals surface area contributed by atoms with Crippen LogP contribution in [0.2, 0.25) is 0 Å². The van der Waals surface area contributed by atoms with Crippen LogP contribution in [0.5, 0.6) is 0 Å². The van der Waals surface area contributed by atoms with Crippen molar-refractivity contribution in [1.82, 2.24) is 5.32 Å². The van der Waals surface area contributed by atoms with E-state index in [1.165, 1.54) is 51.6 Å². The third-order valence-electron chi connectivity index (χ3n) is 3.97. The molecule has 1 nitrogen and oxygen atoms in total. The van der Waals surface area contributed by atoms with Gasteiger partial charge in [0.2, 0.25) is 0 Å². The molecule has 1 spiro atoms. The number of piperidine rings is 1. The van der Waals surface area contributed by atoms with Gasteiger partial charge in [-0.3, -0.25) is 0 Å². The van der Waals surface area contributed by atoms with E-state index in [9.17, 15) is 0 Å². The molecule has 0 aromatic heterocycles. The SMILES string of the molecule is CC1(C)CCCC2(CCCNC2)C1. The van der Waals surface area contributed by atoms with Crippen molar-refractivity contribution in [3.63, 3.8) is 0 Å². The minimum absolute atomic E-state index is 0.608. The summed E-state index contributed by atoms with van der Waals surface area (Å²) < 4.78 is 0. The molecule has 0 amide bonds. The molecule has 1 N–H and O–H groups in total. The molecular formula is C12H23N. The molecule has 1 aliphatic carbocycles. The van der Waals surface area contributed by atoms with E-state index >= 15 is 0 Å². The van der Waals surface area contributed by atoms with Crippen molar-refractivity contribution in [2.45, 2.75) is 52.4 Å². The fraction of sp³-hybridized carbons (Fsp3) is 1.00. The first kappa shape index (κ1) is 9.51. The van der Waals surface area contributed by atoms with Crippen LogP contribution < -0.4 is 5.32 Å². The second kappa shape index (κ2) is 3.27. The number of hydrogen-bond donors (Lipinski definition) is 1. The van der Waals surface area contributed by atoms with Gasteiger partial charge in [-0.15, -0.1) is 0 Å². The largest absolute Gasteiger partial charge is 0.316 e. The van der Waals surface area contributed by atoms with Crippen LogP contribution in [-0.2, 0) is 0 Å². The Hall–Kier alpha value is -0.0400. The summed E-state index contributed by atoms with van der Waals surface area (Å²) >= 11 is 0. The van der Waals surface area contributed by atoms with Gasteiger partial charge in [-0.25, -0.2) is 0 Å². The molecule has 1 atom stereocenters. The van der Waals surface area contributed by atoms with E-state index in [0.717, 1.165) is 0 Å². The molecule has 13 heavy (non-hydrogen) atoms. The lowest BCUT2D eigenvalue weighted by atomic mass is 9.61. The van der Waals surface area contributed by atoms with Crippen molar-refractivity contribution in [3.05, 3.63) is 0 Å². The molecule has 1 heterocycles. The topological polar surface area (TPSA) is 12.0 Å². The quantitative estimate of drug-likeness (QED) is 0.606. The molecule has 1 aliphatic heterocycles. The molecule has 2 fully saturated rings. The molecule has 1 unspecified atom stereocenters. The summed E-state index contributed by atoms with van der Waals surface area (Å²) in [6.45, 7) is 7.43. The van der Waals surface area contributed by atoms with E-state index < -0.39 is 0 Å². The summed E-state index contributed by atoms with van der Waals surface area (Å²) in [6.07, 6.45) is 8.69. The molecular weight excluding hydrogens is 158 g/mol. The van der Waals surface area contributed by atoms with Gasteiger partial charge in [0, 0.05) is 6.54 Å². The van der Waals surface area contributed by atoms with E-state index in [1.807, 2.05) is 0 Å². The number of rotatable bonds is 0. The van der Waals surface area contributed by atoms with Gasteiger partial charge in [0.1, 0.15) is 0 Å². The summed E-state index contributed by atoms with van der Waals surface area (Å²) in [5, 5.41) is 3.58. The van der Waals surface area contributed by atoms with Crippen molar-refractivity contribution in [2.75, 3.05) is 13.1 Å². The van der Waals surface area contributed by atoms with Crippen molar-refractivity contribution in [3.8, 4) is 0 Å². The Labute approximate surface area is 82.3 Å². The van der Waals surface area contributed by atoms with E-state index in [4.69, 9.17) is 0 Å². The third-order valence-corrected chi connectivity index (χ3v) is 3.97. The van der Waals surface area contributed by atoms with E-state index in [0.29, 0.717) is 10.8 Å². The van der Waals surface area contributed by atoms with Crippen LogP contribution in [0.15, 0.2) is 0 Å². The highest BCUT2D eigenvalue weighted by Gasteiger charge is 2.40. The van der Waals surface area contributed by atoms with Crippen LogP contribution in [0.3, 0.4) is 0 Å². The summed E-state index contributed by atoms with van der Waals surface area (Å²) in [5.41, 5.74) is 1.29. The molecule has 0 aromatic rings. The fourth-order valence-electron chi connectivity index (χ4n) is 3.53. The first-order valence-electron chi connectivity index (χ1n) is 5.83. The average Bonchev–Trinajstić information content (AvgIpc) is 2.03. The fourth-order valence-corrected chi connectivity index (χ4v) is 3.53. The molecule has 0 radical (unpaired) electrons. The number of hydrogen-bond acceptors (Lipinski definition) is 1. The lowest BCUT2D eigenvalue weighted by Crippen LogP contribution is -2.44. The van der Waals surface area contributed by atoms with Crippen molar-refractivity contribution >= 4 is 0 Å². The Balaban J connectivity index is 2.04. The lowest BCUT2D eigenvalue weighted by molar-refractivity contribution is 0.0587. The predicted octanol–water partition coefficient (Wildman–Crippen LogP) is 2.96. The molecule has 1 saturated carbocycles. The molecule has 2 aliphatic rings. The van der Waals surface area contributed by atoms with Gasteiger partial charge >= 0.3 is 0 Å². The first-order chi connectivity index (χ1) is 6.12. The lowest BCUT2D eigenvalue weighted by Gasteiger charge is -2.47. The number of nitrogens with one attached hydrogen (secondary N) is 1. The Bertz CT molecular complexity index is 172. The van der Waals surface area contributed by atoms with Gasteiger partial charge in [0.15, 0.2) is 0 Å². The minimum Gasteiger partial charge on any atom is -0.316 e.